The lowest BCUT2D eigenvalue weighted by molar-refractivity contribution is -0.206. The summed E-state index contributed by atoms with van der Waals surface area (Å²) in [6.07, 6.45) is 41.9. The van der Waals surface area contributed by atoms with Crippen LogP contribution in [0.15, 0.2) is 62.3 Å². The lowest BCUT2D eigenvalue weighted by Gasteiger charge is -2.60. The quantitative estimate of drug-likeness (QED) is 0.0410. The van der Waals surface area contributed by atoms with Gasteiger partial charge in [0.05, 0.1) is 49.8 Å². The molecule has 0 amide bonds. The van der Waals surface area contributed by atoms with E-state index in [1.165, 1.54) is 192 Å². The van der Waals surface area contributed by atoms with Crippen molar-refractivity contribution in [2.24, 2.45) is 107 Å². The summed E-state index contributed by atoms with van der Waals surface area (Å²) in [5.41, 5.74) is 0.989. The zero-order valence-electron chi connectivity index (χ0n) is 56.0. The Labute approximate surface area is 545 Å². The van der Waals surface area contributed by atoms with Gasteiger partial charge in [0.25, 0.3) is 0 Å². The van der Waals surface area contributed by atoms with E-state index in [0.29, 0.717) is 88.0 Å². The number of carbonyl (C=O) groups is 5. The lowest BCUT2D eigenvalue weighted by atomic mass is 9.49. The number of carbonyl (C=O) groups excluding carboxylic acids is 5. The minimum atomic E-state index is -0.358. The summed E-state index contributed by atoms with van der Waals surface area (Å²) in [5, 5.41) is 0. The van der Waals surface area contributed by atoms with Crippen molar-refractivity contribution in [1.82, 2.24) is 0 Å². The van der Waals surface area contributed by atoms with E-state index in [9.17, 15) is 24.0 Å². The minimum absolute atomic E-state index is 0.115. The van der Waals surface area contributed by atoms with Gasteiger partial charge in [-0.3, -0.25) is 0 Å². The van der Waals surface area contributed by atoms with Gasteiger partial charge >= 0.3 is 29.8 Å². The molecule has 14 nitrogen and oxygen atoms in total. The topological polar surface area (TPSA) is 168 Å². The Morgan fingerprint density at radius 1 is 0.363 bits per heavy atom. The van der Waals surface area contributed by atoms with Crippen LogP contribution in [0.4, 0.5) is 0 Å². The first-order chi connectivity index (χ1) is 43.8. The van der Waals surface area contributed by atoms with Gasteiger partial charge in [-0.1, -0.05) is 39.8 Å². The van der Waals surface area contributed by atoms with Crippen LogP contribution in [0.25, 0.3) is 0 Å². The monoisotopic (exact) mass is 1260 g/mol. The molecular formula is C77H114O14. The molecule has 20 aliphatic carbocycles. The van der Waals surface area contributed by atoms with Gasteiger partial charge in [-0.15, -0.1) is 0 Å². The van der Waals surface area contributed by atoms with E-state index in [2.05, 4.69) is 39.8 Å². The largest absolute Gasteiger partial charge is 0.460 e. The van der Waals surface area contributed by atoms with E-state index >= 15 is 0 Å². The van der Waals surface area contributed by atoms with Gasteiger partial charge in [0.2, 0.25) is 0 Å². The van der Waals surface area contributed by atoms with Crippen LogP contribution >= 0.6 is 0 Å². The molecule has 0 aromatic carbocycles. The predicted molar refractivity (Wildman–Crippen MR) is 347 cm³/mol. The SMILES string of the molecule is C=C(C)C(=O)OCCOC12CC3CC(CC(C3)C1)C2.C=C(C)C(=O)OCCOC1C2CC3CC(C2)CC1C3.C=CC(=O)OC1(CC)C2CC3CC(C2)CC1C3.C=CC(=O)OCCOC12CC3CC(CC(C3)C1)C2.C=CC(=O)OCCOC1C2CC3CC(C2)CC1C3. The van der Waals surface area contributed by atoms with Gasteiger partial charge < -0.3 is 42.6 Å². The highest BCUT2D eigenvalue weighted by molar-refractivity contribution is 5.87. The Kier molecular flexibility index (Phi) is 22.7. The Balaban J connectivity index is 0.000000117. The number of hydrogen-bond acceptors (Lipinski definition) is 14. The van der Waals surface area contributed by atoms with Crippen molar-refractivity contribution in [3.8, 4) is 0 Å². The molecule has 20 saturated carbocycles. The Hall–Kier alpha value is -4.11. The van der Waals surface area contributed by atoms with Crippen molar-refractivity contribution in [2.45, 2.75) is 230 Å². The lowest BCUT2D eigenvalue weighted by Crippen LogP contribution is -2.59. The molecule has 0 unspecified atom stereocenters. The van der Waals surface area contributed by atoms with Crippen LogP contribution in [0.1, 0.15) is 201 Å². The molecule has 91 heavy (non-hydrogen) atoms. The Morgan fingerprint density at radius 2 is 0.637 bits per heavy atom. The standard InChI is InChI=1S/2C16H24O3.2C15H22O3.C15H22O2/c1-11(2)15(17)18-3-4-19-16-8-12-5-13(9-16)7-14(6-12)10-16;1-10(2)16(17)19-4-3-18-15-13-6-11-5-12(8-13)9-14(15)7-11;1-2-14(16)17-3-4-18-15-8-11-5-12(9-15)7-13(6-11)10-15;1-2-14(16)17-3-4-18-15-12-6-10-5-11(8-12)9-13(15)7-10;1-3-14(16)17-15(4-2)12-6-10-5-11(8-12)9-13(15)7-10/h12-14H,1,3-10H2,2H3;11-15H,1,3-9H2,2H3;2,11-13H,1,3-10H2;2,10-13,15H,1,3-9H2;3,10-13H,1,4-9H2,2H3. The first-order valence-electron chi connectivity index (χ1n) is 36.4. The van der Waals surface area contributed by atoms with Gasteiger partial charge in [0.15, 0.2) is 0 Å². The molecule has 0 aromatic rings. The van der Waals surface area contributed by atoms with E-state index in [-0.39, 0.29) is 46.6 Å². The highest BCUT2D eigenvalue weighted by Crippen LogP contribution is 2.62. The summed E-state index contributed by atoms with van der Waals surface area (Å²) < 4.78 is 50.3. The zero-order valence-corrected chi connectivity index (χ0v) is 56.0. The molecule has 0 saturated heterocycles. The maximum atomic E-state index is 11.6. The van der Waals surface area contributed by atoms with Crippen molar-refractivity contribution >= 4 is 29.8 Å². The second kappa shape index (κ2) is 30.3. The summed E-state index contributed by atoms with van der Waals surface area (Å²) in [6, 6.07) is 0. The van der Waals surface area contributed by atoms with Crippen molar-refractivity contribution < 1.29 is 66.6 Å². The predicted octanol–water partition coefficient (Wildman–Crippen LogP) is 14.6. The molecule has 0 radical (unpaired) electrons. The summed E-state index contributed by atoms with van der Waals surface area (Å²) in [7, 11) is 0. The van der Waals surface area contributed by atoms with Crippen LogP contribution in [0.2, 0.25) is 0 Å². The van der Waals surface area contributed by atoms with E-state index < -0.39 is 0 Å². The molecule has 20 aliphatic rings. The van der Waals surface area contributed by atoms with Crippen molar-refractivity contribution in [2.75, 3.05) is 52.9 Å². The number of ether oxygens (including phenoxy) is 9. The molecule has 20 fully saturated rings. The number of esters is 5. The molecule has 20 rings (SSSR count). The summed E-state index contributed by atoms with van der Waals surface area (Å²) in [6.45, 7) is 26.5. The molecule has 0 heterocycles. The van der Waals surface area contributed by atoms with Crippen molar-refractivity contribution in [3.05, 3.63) is 62.3 Å². The van der Waals surface area contributed by atoms with Gasteiger partial charge in [-0.2, -0.15) is 0 Å². The van der Waals surface area contributed by atoms with Crippen LogP contribution < -0.4 is 0 Å². The van der Waals surface area contributed by atoms with Crippen LogP contribution in [0.5, 0.6) is 0 Å². The van der Waals surface area contributed by atoms with Gasteiger partial charge in [-0.05, 0) is 300 Å². The van der Waals surface area contributed by atoms with Crippen molar-refractivity contribution in [3.63, 3.8) is 0 Å². The fourth-order valence-corrected chi connectivity index (χ4v) is 23.5. The summed E-state index contributed by atoms with van der Waals surface area (Å²) >= 11 is 0. The first-order valence-corrected chi connectivity index (χ1v) is 36.4. The van der Waals surface area contributed by atoms with Crippen LogP contribution in [-0.2, 0) is 66.6 Å². The fraction of sp³-hybridized carbons (Fsp3) is 0.805. The molecule has 0 spiro atoms. The molecule has 20 bridgehead atoms. The molecule has 0 aliphatic heterocycles. The average molecular weight is 1260 g/mol. The smallest absolute Gasteiger partial charge is 0.333 e. The third kappa shape index (κ3) is 16.8. The maximum absolute atomic E-state index is 11.6. The Morgan fingerprint density at radius 3 is 0.934 bits per heavy atom. The van der Waals surface area contributed by atoms with Crippen molar-refractivity contribution in [1.29, 1.82) is 0 Å². The van der Waals surface area contributed by atoms with E-state index in [0.717, 1.165) is 101 Å². The summed E-state index contributed by atoms with van der Waals surface area (Å²) in [5.74, 6) is 13.9. The van der Waals surface area contributed by atoms with Gasteiger partial charge in [0.1, 0.15) is 32.0 Å². The molecule has 0 aromatic heterocycles. The average Bonchev–Trinajstić information content (AvgIpc) is 0.753. The summed E-state index contributed by atoms with van der Waals surface area (Å²) in [4.78, 5) is 56.0. The van der Waals surface area contributed by atoms with Crippen LogP contribution in [0, 0.1) is 107 Å². The minimum Gasteiger partial charge on any atom is -0.460 e. The normalized spacial score (nSPS) is 41.3. The molecule has 14 heteroatoms. The maximum Gasteiger partial charge on any atom is 0.333 e. The second-order valence-corrected chi connectivity index (χ2v) is 32.2. The van der Waals surface area contributed by atoms with E-state index in [4.69, 9.17) is 42.6 Å². The second-order valence-electron chi connectivity index (χ2n) is 32.2. The van der Waals surface area contributed by atoms with Crippen LogP contribution in [0.3, 0.4) is 0 Å². The third-order valence-electron chi connectivity index (χ3n) is 25.5. The van der Waals surface area contributed by atoms with E-state index in [1.54, 1.807) is 13.8 Å². The first kappa shape index (κ1) is 68.3. The fourth-order valence-electron chi connectivity index (χ4n) is 23.5. The molecule has 0 atom stereocenters. The highest BCUT2D eigenvalue weighted by atomic mass is 16.6. The van der Waals surface area contributed by atoms with Crippen LogP contribution in [-0.4, -0.2) is 112 Å². The van der Waals surface area contributed by atoms with E-state index in [1.807, 2.05) is 0 Å². The van der Waals surface area contributed by atoms with Gasteiger partial charge in [-0.25, -0.2) is 24.0 Å². The highest BCUT2D eigenvalue weighted by Gasteiger charge is 2.59. The third-order valence-corrected chi connectivity index (χ3v) is 25.5. The van der Waals surface area contributed by atoms with Gasteiger partial charge in [0, 0.05) is 29.4 Å². The Bertz CT molecular complexity index is 2440. The number of rotatable bonds is 23. The molecular weight excluding hydrogens is 1150 g/mol. The molecule has 506 valence electrons. The molecule has 0 N–H and O–H groups in total. The zero-order chi connectivity index (χ0) is 64.0. The number of hydrogen-bond donors (Lipinski definition) is 0.